The summed E-state index contributed by atoms with van der Waals surface area (Å²) in [6.45, 7) is 6.92. The number of carbonyl (C=O) groups excluding carboxylic acids is 1. The molecule has 0 saturated heterocycles. The van der Waals surface area contributed by atoms with Crippen molar-refractivity contribution in [2.45, 2.75) is 13.8 Å². The van der Waals surface area contributed by atoms with Crippen molar-refractivity contribution in [3.05, 3.63) is 90.5 Å². The van der Waals surface area contributed by atoms with Gasteiger partial charge in [0.05, 0.1) is 11.2 Å². The lowest BCUT2D eigenvalue weighted by Gasteiger charge is -2.15. The molecule has 3 heterocycles. The number of nitrogen functional groups attached to an aromatic ring is 1. The van der Waals surface area contributed by atoms with E-state index >= 15 is 8.78 Å². The second-order valence-electron chi connectivity index (χ2n) is 8.35. The number of aryl methyl sites for hydroxylation is 2. The van der Waals surface area contributed by atoms with Crippen LogP contribution in [0.4, 0.5) is 20.3 Å². The Bertz CT molecular complexity index is 1730. The third-order valence-corrected chi connectivity index (χ3v) is 5.83. The van der Waals surface area contributed by atoms with Gasteiger partial charge in [-0.2, -0.15) is 0 Å². The van der Waals surface area contributed by atoms with E-state index in [1.807, 2.05) is 0 Å². The van der Waals surface area contributed by atoms with Gasteiger partial charge in [0, 0.05) is 40.5 Å². The molecule has 0 radical (unpaired) electrons. The number of aromatic nitrogens is 5. The number of nitrogens with zero attached hydrogens (tertiary/aromatic N) is 5. The molecule has 3 aromatic heterocycles. The summed E-state index contributed by atoms with van der Waals surface area (Å²) >= 11 is 0. The number of ether oxygens (including phenoxy) is 1. The van der Waals surface area contributed by atoms with Gasteiger partial charge in [-0.3, -0.25) is 4.79 Å². The van der Waals surface area contributed by atoms with E-state index in [-0.39, 0.29) is 28.8 Å². The topological polar surface area (TPSA) is 121 Å². The van der Waals surface area contributed by atoms with Gasteiger partial charge in [0.1, 0.15) is 17.7 Å². The molecular weight excluding hydrogens is 492 g/mol. The van der Waals surface area contributed by atoms with E-state index in [4.69, 9.17) is 10.5 Å². The van der Waals surface area contributed by atoms with Gasteiger partial charge < -0.3 is 20.4 Å². The first kappa shape index (κ1) is 24.5. The van der Waals surface area contributed by atoms with Crippen molar-refractivity contribution in [3.63, 3.8) is 0 Å². The SMILES string of the molecule is C=CC(=O)Nc1ccc(-c2c(C)c3ncnc(N)c3n2-c2ccc(Oc3nccc(C)n3)c(F)c2)c(F)c1. The molecule has 0 fully saturated rings. The molecule has 5 rings (SSSR count). The van der Waals surface area contributed by atoms with Crippen molar-refractivity contribution < 1.29 is 18.3 Å². The molecule has 0 saturated carbocycles. The van der Waals surface area contributed by atoms with E-state index < -0.39 is 17.5 Å². The quantitative estimate of drug-likeness (QED) is 0.297. The summed E-state index contributed by atoms with van der Waals surface area (Å²) in [5, 5.41) is 2.52. The standard InChI is InChI=1S/C27H21F2N7O2/c1-4-22(37)35-16-5-7-18(19(28)11-16)24-15(3)23-25(26(30)33-13-32-23)36(24)17-6-8-21(20(29)12-17)38-27-31-10-9-14(2)34-27/h4-13H,1H2,2-3H3,(H,35,37)(H2,30,32,33). The molecule has 3 N–H and O–H groups in total. The fourth-order valence-electron chi connectivity index (χ4n) is 4.12. The Morgan fingerprint density at radius 3 is 2.61 bits per heavy atom. The number of anilines is 2. The Hall–Kier alpha value is -5.19. The predicted octanol–water partition coefficient (Wildman–Crippen LogP) is 5.27. The van der Waals surface area contributed by atoms with Crippen LogP contribution < -0.4 is 15.8 Å². The number of halogens is 2. The van der Waals surface area contributed by atoms with E-state index in [2.05, 4.69) is 31.8 Å². The fraction of sp³-hybridized carbons (Fsp3) is 0.0741. The zero-order chi connectivity index (χ0) is 27.0. The highest BCUT2D eigenvalue weighted by atomic mass is 19.1. The Labute approximate surface area is 215 Å². The molecular formula is C27H21F2N7O2. The number of carbonyl (C=O) groups is 1. The molecule has 0 aliphatic carbocycles. The summed E-state index contributed by atoms with van der Waals surface area (Å²) < 4.78 is 37.8. The van der Waals surface area contributed by atoms with Crippen LogP contribution in [-0.4, -0.2) is 30.4 Å². The third kappa shape index (κ3) is 4.41. The molecule has 0 unspecified atom stereocenters. The molecule has 0 aliphatic rings. The normalized spacial score (nSPS) is 10.9. The van der Waals surface area contributed by atoms with Crippen LogP contribution in [0.15, 0.2) is 67.6 Å². The number of hydrogen-bond acceptors (Lipinski definition) is 7. The van der Waals surface area contributed by atoms with Crippen LogP contribution in [0, 0.1) is 25.5 Å². The van der Waals surface area contributed by atoms with Crippen LogP contribution in [0.5, 0.6) is 11.8 Å². The van der Waals surface area contributed by atoms with Crippen molar-refractivity contribution in [1.29, 1.82) is 0 Å². The Balaban J connectivity index is 1.66. The fourth-order valence-corrected chi connectivity index (χ4v) is 4.12. The van der Waals surface area contributed by atoms with E-state index in [0.717, 1.165) is 6.08 Å². The molecule has 0 spiro atoms. The predicted molar refractivity (Wildman–Crippen MR) is 139 cm³/mol. The monoisotopic (exact) mass is 513 g/mol. The van der Waals surface area contributed by atoms with Crippen LogP contribution in [-0.2, 0) is 4.79 Å². The lowest BCUT2D eigenvalue weighted by Crippen LogP contribution is -2.08. The second-order valence-corrected chi connectivity index (χ2v) is 8.35. The Kier molecular flexibility index (Phi) is 6.25. The molecule has 11 heteroatoms. The zero-order valence-electron chi connectivity index (χ0n) is 20.4. The van der Waals surface area contributed by atoms with Crippen molar-refractivity contribution in [3.8, 4) is 28.7 Å². The summed E-state index contributed by atoms with van der Waals surface area (Å²) in [7, 11) is 0. The smallest absolute Gasteiger partial charge is 0.322 e. The first-order valence-corrected chi connectivity index (χ1v) is 11.4. The minimum absolute atomic E-state index is 0.00273. The van der Waals surface area contributed by atoms with Gasteiger partial charge in [-0.1, -0.05) is 6.58 Å². The number of fused-ring (bicyclic) bond motifs is 1. The average molecular weight is 514 g/mol. The van der Waals surface area contributed by atoms with Crippen molar-refractivity contribution in [1.82, 2.24) is 24.5 Å². The van der Waals surface area contributed by atoms with Crippen molar-refractivity contribution in [2.75, 3.05) is 11.1 Å². The van der Waals surface area contributed by atoms with Gasteiger partial charge in [0.25, 0.3) is 0 Å². The van der Waals surface area contributed by atoms with Gasteiger partial charge >= 0.3 is 6.01 Å². The Morgan fingerprint density at radius 2 is 1.89 bits per heavy atom. The zero-order valence-corrected chi connectivity index (χ0v) is 20.4. The van der Waals surface area contributed by atoms with Gasteiger partial charge in [-0.15, -0.1) is 0 Å². The van der Waals surface area contributed by atoms with E-state index in [9.17, 15) is 4.79 Å². The van der Waals surface area contributed by atoms with Crippen molar-refractivity contribution >= 4 is 28.4 Å². The minimum atomic E-state index is -0.698. The highest BCUT2D eigenvalue weighted by molar-refractivity contribution is 5.99. The number of nitrogens with two attached hydrogens (primary N) is 1. The number of rotatable bonds is 6. The summed E-state index contributed by atoms with van der Waals surface area (Å²) in [4.78, 5) is 28.2. The van der Waals surface area contributed by atoms with Crippen molar-refractivity contribution in [2.24, 2.45) is 0 Å². The highest BCUT2D eigenvalue weighted by Gasteiger charge is 2.24. The lowest BCUT2D eigenvalue weighted by atomic mass is 10.1. The van der Waals surface area contributed by atoms with Crippen LogP contribution >= 0.6 is 0 Å². The molecule has 0 bridgehead atoms. The summed E-state index contributed by atoms with van der Waals surface area (Å²) in [6.07, 6.45) is 3.90. The van der Waals surface area contributed by atoms with E-state index in [1.54, 1.807) is 36.6 Å². The number of hydrogen-bond donors (Lipinski definition) is 2. The number of nitrogens with one attached hydrogen (secondary N) is 1. The average Bonchev–Trinajstić information content (AvgIpc) is 3.18. The van der Waals surface area contributed by atoms with Crippen LogP contribution in [0.2, 0.25) is 0 Å². The van der Waals surface area contributed by atoms with Crippen LogP contribution in [0.1, 0.15) is 11.3 Å². The third-order valence-electron chi connectivity index (χ3n) is 5.83. The maximum Gasteiger partial charge on any atom is 0.322 e. The molecule has 0 aliphatic heterocycles. The Morgan fingerprint density at radius 1 is 1.08 bits per heavy atom. The molecule has 38 heavy (non-hydrogen) atoms. The van der Waals surface area contributed by atoms with Gasteiger partial charge in [0.15, 0.2) is 17.4 Å². The maximum absolute atomic E-state index is 15.4. The van der Waals surface area contributed by atoms with Crippen LogP contribution in [0.3, 0.4) is 0 Å². The molecule has 2 aromatic carbocycles. The van der Waals surface area contributed by atoms with E-state index in [1.165, 1.54) is 36.8 Å². The molecule has 1 amide bonds. The largest absolute Gasteiger partial charge is 0.421 e. The second kappa shape index (κ2) is 9.69. The van der Waals surface area contributed by atoms with Crippen LogP contribution in [0.25, 0.3) is 28.0 Å². The lowest BCUT2D eigenvalue weighted by molar-refractivity contribution is -0.111. The first-order chi connectivity index (χ1) is 18.3. The van der Waals surface area contributed by atoms with Gasteiger partial charge in [0.2, 0.25) is 5.91 Å². The summed E-state index contributed by atoms with van der Waals surface area (Å²) in [5.74, 6) is -1.75. The maximum atomic E-state index is 15.4. The van der Waals surface area contributed by atoms with Gasteiger partial charge in [-0.05, 0) is 56.3 Å². The number of amides is 1. The molecule has 9 nitrogen and oxygen atoms in total. The molecule has 190 valence electrons. The minimum Gasteiger partial charge on any atom is -0.421 e. The summed E-state index contributed by atoms with van der Waals surface area (Å²) in [5.41, 5.74) is 9.50. The molecule has 0 atom stereocenters. The van der Waals surface area contributed by atoms with Gasteiger partial charge in [-0.25, -0.2) is 28.7 Å². The summed E-state index contributed by atoms with van der Waals surface area (Å²) in [6, 6.07) is 10.2. The molecule has 5 aromatic rings. The van der Waals surface area contributed by atoms with E-state index in [0.29, 0.717) is 33.7 Å². The number of benzene rings is 2. The highest BCUT2D eigenvalue weighted by Crippen LogP contribution is 2.39. The first-order valence-electron chi connectivity index (χ1n) is 11.4.